The summed E-state index contributed by atoms with van der Waals surface area (Å²) >= 11 is 0. The zero-order valence-electron chi connectivity index (χ0n) is 21.9. The van der Waals surface area contributed by atoms with E-state index in [9.17, 15) is 14.4 Å². The van der Waals surface area contributed by atoms with Crippen molar-refractivity contribution in [3.8, 4) is 0 Å². The van der Waals surface area contributed by atoms with Crippen molar-refractivity contribution >= 4 is 29.3 Å². The molecule has 11 heteroatoms. The second-order valence-electron chi connectivity index (χ2n) is 11.5. The van der Waals surface area contributed by atoms with E-state index in [1.54, 1.807) is 52.5 Å². The minimum absolute atomic E-state index is 0.0716. The molecule has 1 aliphatic carbocycles. The highest BCUT2D eigenvalue weighted by molar-refractivity contribution is 6.06. The third kappa shape index (κ3) is 7.07. The van der Waals surface area contributed by atoms with Gasteiger partial charge in [0, 0.05) is 30.7 Å². The largest absolute Gasteiger partial charge is 0.459 e. The van der Waals surface area contributed by atoms with Crippen LogP contribution in [0.2, 0.25) is 0 Å². The lowest BCUT2D eigenvalue weighted by atomic mass is 9.99. The standard InChI is InChI=1S/C25H38FN5O5/c1-24(2,3)35-22(33)20(27)14-9-10-30(13-14)19-12-18(29-15-7-8-15)16(11-17(19)26)21(32)31(28)23(34)36-25(4,5)6/h11-12,14-15,20,29H,7-10,13,27-28H2,1-6H3. The molecular weight excluding hydrogens is 469 g/mol. The van der Waals surface area contributed by atoms with E-state index < -0.39 is 41.0 Å². The van der Waals surface area contributed by atoms with Crippen molar-refractivity contribution in [2.24, 2.45) is 17.5 Å². The van der Waals surface area contributed by atoms with Crippen LogP contribution in [0, 0.1) is 11.7 Å². The van der Waals surface area contributed by atoms with Gasteiger partial charge in [-0.25, -0.2) is 15.0 Å². The van der Waals surface area contributed by atoms with Gasteiger partial charge in [0.25, 0.3) is 5.91 Å². The molecule has 1 aliphatic heterocycles. The second-order valence-corrected chi connectivity index (χ2v) is 11.5. The topological polar surface area (TPSA) is 140 Å². The average Bonchev–Trinajstić information content (AvgIpc) is 3.43. The van der Waals surface area contributed by atoms with E-state index in [1.807, 2.05) is 0 Å². The van der Waals surface area contributed by atoms with Crippen molar-refractivity contribution in [1.82, 2.24) is 5.01 Å². The first-order chi connectivity index (χ1) is 16.6. The predicted octanol–water partition coefficient (Wildman–Crippen LogP) is 3.15. The van der Waals surface area contributed by atoms with E-state index >= 15 is 4.39 Å². The van der Waals surface area contributed by atoms with E-state index in [0.717, 1.165) is 18.9 Å². The fourth-order valence-electron chi connectivity index (χ4n) is 3.93. The monoisotopic (exact) mass is 507 g/mol. The molecule has 2 atom stereocenters. The molecule has 0 spiro atoms. The number of nitrogens with one attached hydrogen (secondary N) is 1. The van der Waals surface area contributed by atoms with Crippen molar-refractivity contribution in [2.75, 3.05) is 23.3 Å². The Morgan fingerprint density at radius 1 is 1.08 bits per heavy atom. The van der Waals surface area contributed by atoms with Crippen molar-refractivity contribution in [1.29, 1.82) is 0 Å². The number of anilines is 2. The minimum atomic E-state index is -1.03. The Balaban J connectivity index is 1.81. The number of esters is 1. The van der Waals surface area contributed by atoms with Crippen molar-refractivity contribution in [3.63, 3.8) is 0 Å². The number of halogens is 1. The lowest BCUT2D eigenvalue weighted by Gasteiger charge is -2.26. The number of carbonyl (C=O) groups excluding carboxylic acids is 3. The number of amides is 2. The lowest BCUT2D eigenvalue weighted by Crippen LogP contribution is -2.45. The first-order valence-electron chi connectivity index (χ1n) is 12.2. The zero-order valence-corrected chi connectivity index (χ0v) is 21.9. The van der Waals surface area contributed by atoms with E-state index in [1.165, 1.54) is 0 Å². The minimum Gasteiger partial charge on any atom is -0.459 e. The highest BCUT2D eigenvalue weighted by Crippen LogP contribution is 2.35. The Hall–Kier alpha value is -2.92. The van der Waals surface area contributed by atoms with Crippen LogP contribution in [-0.4, -0.2) is 59.4 Å². The van der Waals surface area contributed by atoms with Crippen LogP contribution in [0.25, 0.3) is 0 Å². The number of imide groups is 1. The molecule has 2 unspecified atom stereocenters. The van der Waals surface area contributed by atoms with Gasteiger partial charge in [-0.15, -0.1) is 0 Å². The molecule has 36 heavy (non-hydrogen) atoms. The molecular formula is C25H38FN5O5. The lowest BCUT2D eigenvalue weighted by molar-refractivity contribution is -0.157. The Morgan fingerprint density at radius 2 is 1.69 bits per heavy atom. The number of ether oxygens (including phenoxy) is 2. The van der Waals surface area contributed by atoms with Gasteiger partial charge in [-0.05, 0) is 72.9 Å². The summed E-state index contributed by atoms with van der Waals surface area (Å²) in [6, 6.07) is 1.94. The number of hydrazine groups is 1. The number of carbonyl (C=O) groups is 3. The van der Waals surface area contributed by atoms with Crippen LogP contribution in [0.15, 0.2) is 12.1 Å². The third-order valence-electron chi connectivity index (χ3n) is 5.82. The molecule has 2 amide bonds. The van der Waals surface area contributed by atoms with Crippen LogP contribution in [-0.2, 0) is 14.3 Å². The second kappa shape index (κ2) is 10.2. The molecule has 0 bridgehead atoms. The molecule has 1 aromatic rings. The molecule has 200 valence electrons. The summed E-state index contributed by atoms with van der Waals surface area (Å²) in [5.74, 6) is 3.50. The van der Waals surface area contributed by atoms with Crippen LogP contribution in [0.1, 0.15) is 71.2 Å². The summed E-state index contributed by atoms with van der Waals surface area (Å²) in [4.78, 5) is 39.5. The molecule has 0 aromatic heterocycles. The molecule has 5 N–H and O–H groups in total. The molecule has 2 fully saturated rings. The van der Waals surface area contributed by atoms with Gasteiger partial charge >= 0.3 is 12.1 Å². The van der Waals surface area contributed by atoms with E-state index in [-0.39, 0.29) is 23.2 Å². The molecule has 1 saturated carbocycles. The highest BCUT2D eigenvalue weighted by atomic mass is 19.1. The summed E-state index contributed by atoms with van der Waals surface area (Å²) in [5.41, 5.74) is 5.23. The first-order valence-corrected chi connectivity index (χ1v) is 12.2. The van der Waals surface area contributed by atoms with Gasteiger partial charge in [-0.3, -0.25) is 9.59 Å². The summed E-state index contributed by atoms with van der Waals surface area (Å²) in [6.45, 7) is 11.1. The number of nitrogens with two attached hydrogens (primary N) is 2. The van der Waals surface area contributed by atoms with Crippen molar-refractivity contribution in [2.45, 2.75) is 84.1 Å². The summed E-state index contributed by atoms with van der Waals surface area (Å²) in [5, 5.41) is 3.58. The molecule has 10 nitrogen and oxygen atoms in total. The predicted molar refractivity (Wildman–Crippen MR) is 134 cm³/mol. The summed E-state index contributed by atoms with van der Waals surface area (Å²) in [7, 11) is 0. The molecule has 1 heterocycles. The summed E-state index contributed by atoms with van der Waals surface area (Å²) < 4.78 is 25.9. The molecule has 0 radical (unpaired) electrons. The Morgan fingerprint density at radius 3 is 2.25 bits per heavy atom. The Labute approximate surface area is 211 Å². The number of benzene rings is 1. The Kier molecular flexibility index (Phi) is 7.85. The van der Waals surface area contributed by atoms with Gasteiger partial charge in [0.15, 0.2) is 0 Å². The highest BCUT2D eigenvalue weighted by Gasteiger charge is 2.36. The van der Waals surface area contributed by atoms with E-state index in [0.29, 0.717) is 30.2 Å². The van der Waals surface area contributed by atoms with Gasteiger partial charge in [-0.2, -0.15) is 5.01 Å². The Bertz CT molecular complexity index is 1020. The maximum absolute atomic E-state index is 15.3. The van der Waals surface area contributed by atoms with Crippen LogP contribution in [0.4, 0.5) is 20.6 Å². The first kappa shape index (κ1) is 27.7. The average molecular weight is 508 g/mol. The maximum atomic E-state index is 15.3. The summed E-state index contributed by atoms with van der Waals surface area (Å²) in [6.07, 6.45) is 1.37. The number of nitrogens with zero attached hydrogens (tertiary/aromatic N) is 2. The van der Waals surface area contributed by atoms with Crippen LogP contribution < -0.4 is 21.8 Å². The van der Waals surface area contributed by atoms with Crippen LogP contribution >= 0.6 is 0 Å². The SMILES string of the molecule is CC(C)(C)OC(=O)C(N)C1CCN(c2cc(NC3CC3)c(C(=O)N(N)C(=O)OC(C)(C)C)cc2F)C1. The number of rotatable bonds is 6. The molecule has 2 aliphatic rings. The van der Waals surface area contributed by atoms with Crippen molar-refractivity contribution < 1.29 is 28.2 Å². The maximum Gasteiger partial charge on any atom is 0.432 e. The fourth-order valence-corrected chi connectivity index (χ4v) is 3.93. The zero-order chi connectivity index (χ0) is 27.0. The smallest absolute Gasteiger partial charge is 0.432 e. The van der Waals surface area contributed by atoms with Gasteiger partial charge in [0.2, 0.25) is 0 Å². The molecule has 1 saturated heterocycles. The van der Waals surface area contributed by atoms with Crippen molar-refractivity contribution in [3.05, 3.63) is 23.5 Å². The van der Waals surface area contributed by atoms with Gasteiger partial charge in [0.05, 0.1) is 11.3 Å². The van der Waals surface area contributed by atoms with Crippen LogP contribution in [0.3, 0.4) is 0 Å². The quantitative estimate of drug-likeness (QED) is 0.229. The number of hydrogen-bond donors (Lipinski definition) is 3. The van der Waals surface area contributed by atoms with Gasteiger partial charge in [-0.1, -0.05) is 0 Å². The van der Waals surface area contributed by atoms with Crippen LogP contribution in [0.5, 0.6) is 0 Å². The normalized spacial score (nSPS) is 19.0. The molecule has 1 aromatic carbocycles. The fraction of sp³-hybridized carbons (Fsp3) is 0.640. The van der Waals surface area contributed by atoms with E-state index in [4.69, 9.17) is 21.1 Å². The third-order valence-corrected chi connectivity index (χ3v) is 5.82. The van der Waals surface area contributed by atoms with Gasteiger partial charge in [0.1, 0.15) is 23.1 Å². The molecule has 3 rings (SSSR count). The number of hydrogen-bond acceptors (Lipinski definition) is 9. The van der Waals surface area contributed by atoms with E-state index in [2.05, 4.69) is 5.32 Å². The van der Waals surface area contributed by atoms with Gasteiger partial charge < -0.3 is 25.4 Å².